The standard InChI is InChI=1S/C43H39ClN8O6/c1-42(2)32-17-26(5-10-35(32)51(41(42)57)29-19-33(44)34(20-45)46-21-29)25-3-6-27(7-4-25)50-23-43(58,24-50)22-48-13-15-49(16-14-48)28-8-9-30-31(18-28)40(56)52(39(30)55)36-11-12-37(53)47-38(36)54/h3-10,17-19,21,36,58H,11-16,22-24H2,1-2H3,(H,47,53,54). The van der Waals surface area contributed by atoms with Gasteiger partial charge in [-0.15, -0.1) is 0 Å². The zero-order valence-electron chi connectivity index (χ0n) is 31.9. The fourth-order valence-corrected chi connectivity index (χ4v) is 9.05. The molecule has 4 aromatic rings. The highest BCUT2D eigenvalue weighted by Crippen LogP contribution is 2.47. The predicted molar refractivity (Wildman–Crippen MR) is 215 cm³/mol. The van der Waals surface area contributed by atoms with E-state index in [1.54, 1.807) is 23.1 Å². The number of carbonyl (C=O) groups excluding carboxylic acids is 5. The Hall–Kier alpha value is -6.14. The minimum Gasteiger partial charge on any atom is -0.385 e. The highest BCUT2D eigenvalue weighted by atomic mass is 35.5. The minimum atomic E-state index is -1.00. The molecule has 5 aliphatic rings. The number of β-amino-alcohol motifs (C(OH)–C–C–N with tert-alkyl or cyclic N) is 1. The molecule has 14 nitrogen and oxygen atoms in total. The molecule has 2 N–H and O–H groups in total. The third kappa shape index (κ3) is 6.17. The number of amides is 5. The van der Waals surface area contributed by atoms with Crippen LogP contribution in [-0.2, 0) is 19.8 Å². The normalized spacial score (nSPS) is 21.2. The fraction of sp³-hybridized carbons (Fsp3) is 0.326. The van der Waals surface area contributed by atoms with E-state index in [0.29, 0.717) is 51.5 Å². The number of fused-ring (bicyclic) bond motifs is 2. The fourth-order valence-electron chi connectivity index (χ4n) is 8.85. The zero-order chi connectivity index (χ0) is 40.7. The maximum absolute atomic E-state index is 13.6. The van der Waals surface area contributed by atoms with Gasteiger partial charge in [-0.25, -0.2) is 4.98 Å². The molecule has 0 spiro atoms. The van der Waals surface area contributed by atoms with Crippen LogP contribution in [0, 0.1) is 11.3 Å². The van der Waals surface area contributed by atoms with Crippen molar-refractivity contribution in [3.8, 4) is 17.2 Å². The maximum Gasteiger partial charge on any atom is 0.262 e. The van der Waals surface area contributed by atoms with Crippen molar-refractivity contribution >= 4 is 63.9 Å². The quantitative estimate of drug-likeness (QED) is 0.259. The SMILES string of the molecule is CC1(C)C(=O)N(c2cnc(C#N)c(Cl)c2)c2ccc(-c3ccc(N4CC(O)(CN5CCN(c6ccc7c(c6)C(=O)N(C6CCC(=O)NC6=O)C7=O)CC5)C4)cc3)cc21. The van der Waals surface area contributed by atoms with Crippen molar-refractivity contribution in [2.24, 2.45) is 0 Å². The van der Waals surface area contributed by atoms with Crippen LogP contribution >= 0.6 is 11.6 Å². The highest BCUT2D eigenvalue weighted by molar-refractivity contribution is 6.32. The summed E-state index contributed by atoms with van der Waals surface area (Å²) in [5.74, 6) is -2.20. The van der Waals surface area contributed by atoms with E-state index in [-0.39, 0.29) is 40.6 Å². The maximum atomic E-state index is 13.6. The lowest BCUT2D eigenvalue weighted by Crippen LogP contribution is -2.67. The number of halogens is 1. The van der Waals surface area contributed by atoms with Gasteiger partial charge in [0.2, 0.25) is 17.7 Å². The van der Waals surface area contributed by atoms with Gasteiger partial charge in [-0.2, -0.15) is 5.26 Å². The number of nitrogens with zero attached hydrogens (tertiary/aromatic N) is 7. The third-order valence-corrected chi connectivity index (χ3v) is 12.3. The van der Waals surface area contributed by atoms with Crippen LogP contribution in [-0.4, -0.2) is 107 Å². The Labute approximate surface area is 339 Å². The van der Waals surface area contributed by atoms with E-state index in [9.17, 15) is 34.3 Å². The molecule has 5 amide bonds. The summed E-state index contributed by atoms with van der Waals surface area (Å²) >= 11 is 6.26. The minimum absolute atomic E-state index is 0.0696. The number of aliphatic hydroxyl groups is 1. The van der Waals surface area contributed by atoms with Crippen LogP contribution in [0.2, 0.25) is 5.02 Å². The molecular weight excluding hydrogens is 760 g/mol. The van der Waals surface area contributed by atoms with Gasteiger partial charge in [0.05, 0.1) is 39.1 Å². The molecule has 6 heterocycles. The molecule has 3 fully saturated rings. The second-order valence-corrected chi connectivity index (χ2v) is 16.6. The lowest BCUT2D eigenvalue weighted by Gasteiger charge is -2.50. The largest absolute Gasteiger partial charge is 0.385 e. The zero-order valence-corrected chi connectivity index (χ0v) is 32.6. The van der Waals surface area contributed by atoms with Crippen LogP contribution in [0.15, 0.2) is 72.9 Å². The Morgan fingerprint density at radius 3 is 2.22 bits per heavy atom. The Kier molecular flexibility index (Phi) is 8.88. The monoisotopic (exact) mass is 798 g/mol. The third-order valence-electron chi connectivity index (χ3n) is 12.1. The molecule has 9 rings (SSSR count). The summed E-state index contributed by atoms with van der Waals surface area (Å²) in [5, 5.41) is 23.1. The van der Waals surface area contributed by atoms with Crippen LogP contribution in [0.25, 0.3) is 11.1 Å². The van der Waals surface area contributed by atoms with E-state index < -0.39 is 40.7 Å². The first kappa shape index (κ1) is 37.4. The first-order valence-electron chi connectivity index (χ1n) is 19.2. The number of hydrogen-bond acceptors (Lipinski definition) is 11. The summed E-state index contributed by atoms with van der Waals surface area (Å²) in [6.45, 7) is 8.08. The number of piperazine rings is 1. The molecule has 1 aromatic heterocycles. The van der Waals surface area contributed by atoms with E-state index in [4.69, 9.17) is 11.6 Å². The van der Waals surface area contributed by atoms with Crippen molar-refractivity contribution < 1.29 is 29.1 Å². The van der Waals surface area contributed by atoms with Crippen molar-refractivity contribution in [3.63, 3.8) is 0 Å². The lowest BCUT2D eigenvalue weighted by molar-refractivity contribution is -0.136. The van der Waals surface area contributed by atoms with Gasteiger partial charge in [0, 0.05) is 63.6 Å². The molecule has 3 aromatic carbocycles. The second-order valence-electron chi connectivity index (χ2n) is 16.2. The van der Waals surface area contributed by atoms with Crippen molar-refractivity contribution in [1.82, 2.24) is 20.1 Å². The second kappa shape index (κ2) is 13.8. The van der Waals surface area contributed by atoms with Crippen LogP contribution in [0.1, 0.15) is 58.7 Å². The molecule has 294 valence electrons. The molecule has 0 bridgehead atoms. The van der Waals surface area contributed by atoms with E-state index in [2.05, 4.69) is 25.0 Å². The molecule has 0 aliphatic carbocycles. The molecule has 0 saturated carbocycles. The Balaban J connectivity index is 0.802. The van der Waals surface area contributed by atoms with E-state index in [1.807, 2.05) is 68.4 Å². The molecule has 5 aliphatic heterocycles. The number of piperidine rings is 1. The predicted octanol–water partition coefficient (Wildman–Crippen LogP) is 4.00. The molecule has 15 heteroatoms. The topological polar surface area (TPSA) is 170 Å². The molecule has 0 radical (unpaired) electrons. The molecule has 3 saturated heterocycles. The number of imide groups is 2. The number of benzene rings is 3. The van der Waals surface area contributed by atoms with Crippen molar-refractivity contribution in [3.05, 3.63) is 100 Å². The Morgan fingerprint density at radius 2 is 1.53 bits per heavy atom. The van der Waals surface area contributed by atoms with Crippen LogP contribution in [0.4, 0.5) is 22.7 Å². The summed E-state index contributed by atoms with van der Waals surface area (Å²) in [6.07, 6.45) is 1.67. The number of nitriles is 1. The number of rotatable bonds is 7. The number of hydrogen-bond donors (Lipinski definition) is 2. The molecular formula is C43H39ClN8O6. The van der Waals surface area contributed by atoms with Crippen LogP contribution in [0.5, 0.6) is 0 Å². The molecule has 1 unspecified atom stereocenters. The summed E-state index contributed by atoms with van der Waals surface area (Å²) < 4.78 is 0. The first-order chi connectivity index (χ1) is 27.7. The number of carbonyl (C=O) groups is 5. The Morgan fingerprint density at radius 1 is 0.845 bits per heavy atom. The van der Waals surface area contributed by atoms with Crippen LogP contribution < -0.4 is 20.0 Å². The van der Waals surface area contributed by atoms with Gasteiger partial charge in [0.25, 0.3) is 11.8 Å². The van der Waals surface area contributed by atoms with E-state index in [0.717, 1.165) is 38.7 Å². The van der Waals surface area contributed by atoms with Crippen molar-refractivity contribution in [2.45, 2.75) is 43.7 Å². The van der Waals surface area contributed by atoms with Gasteiger partial charge in [-0.1, -0.05) is 29.8 Å². The lowest BCUT2D eigenvalue weighted by atomic mass is 9.84. The number of pyridine rings is 1. The number of nitrogens with one attached hydrogen (secondary N) is 1. The first-order valence-corrected chi connectivity index (χ1v) is 19.6. The van der Waals surface area contributed by atoms with E-state index in [1.165, 1.54) is 6.20 Å². The average molecular weight is 799 g/mol. The summed E-state index contributed by atoms with van der Waals surface area (Å²) in [5.41, 5.74) is 4.88. The van der Waals surface area contributed by atoms with Crippen molar-refractivity contribution in [1.29, 1.82) is 5.26 Å². The van der Waals surface area contributed by atoms with E-state index >= 15 is 0 Å². The molecule has 58 heavy (non-hydrogen) atoms. The summed E-state index contributed by atoms with van der Waals surface area (Å²) in [7, 11) is 0. The summed E-state index contributed by atoms with van der Waals surface area (Å²) in [6, 6.07) is 21.9. The average Bonchev–Trinajstić information content (AvgIpc) is 3.56. The smallest absolute Gasteiger partial charge is 0.262 e. The van der Waals surface area contributed by atoms with Gasteiger partial charge in [0.15, 0.2) is 5.69 Å². The van der Waals surface area contributed by atoms with Gasteiger partial charge in [-0.05, 0) is 85.5 Å². The number of aromatic nitrogens is 1. The van der Waals surface area contributed by atoms with Gasteiger partial charge in [0.1, 0.15) is 17.7 Å². The van der Waals surface area contributed by atoms with Gasteiger partial charge < -0.3 is 14.9 Å². The molecule has 1 atom stereocenters. The number of anilines is 4. The Bertz CT molecular complexity index is 2490. The van der Waals surface area contributed by atoms with Crippen LogP contribution in [0.3, 0.4) is 0 Å². The van der Waals surface area contributed by atoms with Gasteiger partial charge in [-0.3, -0.25) is 44.0 Å². The highest BCUT2D eigenvalue weighted by Gasteiger charge is 2.47. The van der Waals surface area contributed by atoms with Gasteiger partial charge >= 0.3 is 0 Å². The van der Waals surface area contributed by atoms with Crippen molar-refractivity contribution in [2.75, 3.05) is 60.5 Å². The summed E-state index contributed by atoms with van der Waals surface area (Å²) in [4.78, 5) is 77.4.